The molecule has 2 amide bonds. The number of carbonyl (C=O) groups is 2. The average molecular weight is 370 g/mol. The number of hydrogen-bond acceptors (Lipinski definition) is 6. The van der Waals surface area contributed by atoms with E-state index < -0.39 is 12.0 Å². The zero-order chi connectivity index (χ0) is 17.5. The molecule has 2 rings (SSSR count). The van der Waals surface area contributed by atoms with Gasteiger partial charge in [-0.05, 0) is 29.8 Å². The van der Waals surface area contributed by atoms with Gasteiger partial charge in [-0.2, -0.15) is 0 Å². The minimum atomic E-state index is -0.997. The molecule has 9 heteroatoms. The molecular formula is C15H13Cl2N3O4. The van der Waals surface area contributed by atoms with Crippen molar-refractivity contribution in [3.63, 3.8) is 0 Å². The van der Waals surface area contributed by atoms with E-state index in [9.17, 15) is 9.59 Å². The lowest BCUT2D eigenvalue weighted by molar-refractivity contribution is -0.118. The van der Waals surface area contributed by atoms with E-state index in [2.05, 4.69) is 4.98 Å². The van der Waals surface area contributed by atoms with Gasteiger partial charge in [-0.25, -0.2) is 9.78 Å². The Bertz CT molecular complexity index is 755. The minimum Gasteiger partial charge on any atom is -0.483 e. The number of nitrogens with two attached hydrogens (primary N) is 1. The van der Waals surface area contributed by atoms with Crippen LogP contribution in [0.1, 0.15) is 5.56 Å². The van der Waals surface area contributed by atoms with Crippen molar-refractivity contribution in [3.05, 3.63) is 52.1 Å². The van der Waals surface area contributed by atoms with E-state index in [0.717, 1.165) is 5.56 Å². The van der Waals surface area contributed by atoms with E-state index in [4.69, 9.17) is 38.4 Å². The molecule has 1 aromatic heterocycles. The Morgan fingerprint density at radius 3 is 2.71 bits per heavy atom. The van der Waals surface area contributed by atoms with E-state index >= 15 is 0 Å². The van der Waals surface area contributed by atoms with Gasteiger partial charge in [-0.1, -0.05) is 29.3 Å². The molecule has 7 nitrogen and oxygen atoms in total. The summed E-state index contributed by atoms with van der Waals surface area (Å²) >= 11 is 11.8. The smallest absolute Gasteiger partial charge is 0.420 e. The Balaban J connectivity index is 2.04. The first kappa shape index (κ1) is 18.0. The van der Waals surface area contributed by atoms with Gasteiger partial charge in [0.05, 0.1) is 16.6 Å². The fraction of sp³-hybridized carbons (Fsp3) is 0.133. The summed E-state index contributed by atoms with van der Waals surface area (Å²) in [6, 6.07) is 8.23. The minimum absolute atomic E-state index is 0.0834. The molecule has 0 saturated heterocycles. The van der Waals surface area contributed by atoms with Gasteiger partial charge in [0, 0.05) is 6.20 Å². The van der Waals surface area contributed by atoms with Crippen LogP contribution in [0.3, 0.4) is 0 Å². The third-order valence-electron chi connectivity index (χ3n) is 2.73. The number of benzene rings is 1. The number of nitrogens with one attached hydrogen (secondary N) is 1. The van der Waals surface area contributed by atoms with Gasteiger partial charge >= 0.3 is 6.09 Å². The molecule has 1 aromatic carbocycles. The molecule has 126 valence electrons. The van der Waals surface area contributed by atoms with Crippen LogP contribution in [0, 0.1) is 0 Å². The van der Waals surface area contributed by atoms with Crippen molar-refractivity contribution in [3.8, 4) is 11.6 Å². The zero-order valence-corrected chi connectivity index (χ0v) is 13.8. The van der Waals surface area contributed by atoms with Crippen LogP contribution in [0.25, 0.3) is 0 Å². The molecule has 1 heterocycles. The Hall–Kier alpha value is -2.35. The Morgan fingerprint density at radius 1 is 1.21 bits per heavy atom. The molecule has 3 N–H and O–H groups in total. The molecule has 24 heavy (non-hydrogen) atoms. The molecule has 0 unspecified atom stereocenters. The molecule has 0 aliphatic heterocycles. The SMILES string of the molecule is NCC(=O)NC(=O)Oc1ncccc1OCc1ccc(Cl)c(Cl)c1. The van der Waals surface area contributed by atoms with Crippen LogP contribution in [-0.4, -0.2) is 23.5 Å². The number of nitrogens with zero attached hydrogens (tertiary/aromatic N) is 1. The van der Waals surface area contributed by atoms with Crippen LogP contribution in [0.4, 0.5) is 4.79 Å². The van der Waals surface area contributed by atoms with Crippen LogP contribution < -0.4 is 20.5 Å². The van der Waals surface area contributed by atoms with E-state index in [1.807, 2.05) is 5.32 Å². The van der Waals surface area contributed by atoms with Gasteiger partial charge in [0.2, 0.25) is 5.91 Å². The summed E-state index contributed by atoms with van der Waals surface area (Å²) in [5, 5.41) is 2.78. The van der Waals surface area contributed by atoms with Gasteiger partial charge in [-0.15, -0.1) is 0 Å². The molecule has 0 saturated carbocycles. The first-order chi connectivity index (χ1) is 11.5. The molecule has 0 spiro atoms. The van der Waals surface area contributed by atoms with Gasteiger partial charge < -0.3 is 15.2 Å². The van der Waals surface area contributed by atoms with Gasteiger partial charge in [0.1, 0.15) is 6.61 Å². The maximum absolute atomic E-state index is 11.6. The first-order valence-electron chi connectivity index (χ1n) is 6.73. The van der Waals surface area contributed by atoms with Crippen molar-refractivity contribution in [2.45, 2.75) is 6.61 Å². The third-order valence-corrected chi connectivity index (χ3v) is 3.47. The maximum Gasteiger partial charge on any atom is 0.420 e. The van der Waals surface area contributed by atoms with Crippen LogP contribution in [0.15, 0.2) is 36.5 Å². The topological polar surface area (TPSA) is 104 Å². The summed E-state index contributed by atoms with van der Waals surface area (Å²) in [5.74, 6) is -0.534. The summed E-state index contributed by atoms with van der Waals surface area (Å²) in [4.78, 5) is 26.5. The highest BCUT2D eigenvalue weighted by Gasteiger charge is 2.14. The summed E-state index contributed by atoms with van der Waals surface area (Å²) in [6.07, 6.45) is 0.419. The first-order valence-corrected chi connectivity index (χ1v) is 7.48. The average Bonchev–Trinajstić information content (AvgIpc) is 2.57. The van der Waals surface area contributed by atoms with E-state index in [1.165, 1.54) is 6.20 Å². The highest BCUT2D eigenvalue weighted by Crippen LogP contribution is 2.26. The van der Waals surface area contributed by atoms with Gasteiger partial charge in [0.25, 0.3) is 5.88 Å². The number of imide groups is 1. The molecule has 2 aromatic rings. The van der Waals surface area contributed by atoms with Crippen molar-refractivity contribution in [1.29, 1.82) is 0 Å². The molecule has 0 aliphatic rings. The van der Waals surface area contributed by atoms with Crippen molar-refractivity contribution in [1.82, 2.24) is 10.3 Å². The predicted octanol–water partition coefficient (Wildman–Crippen LogP) is 2.54. The number of halogens is 2. The fourth-order valence-electron chi connectivity index (χ4n) is 1.63. The van der Waals surface area contributed by atoms with Crippen molar-refractivity contribution < 1.29 is 19.1 Å². The van der Waals surface area contributed by atoms with Crippen molar-refractivity contribution in [2.24, 2.45) is 5.73 Å². The Morgan fingerprint density at radius 2 is 2.00 bits per heavy atom. The third kappa shape index (κ3) is 5.09. The number of hydrogen-bond donors (Lipinski definition) is 2. The molecule has 0 bridgehead atoms. The number of carbonyl (C=O) groups excluding carboxylic acids is 2. The van der Waals surface area contributed by atoms with Crippen LogP contribution in [-0.2, 0) is 11.4 Å². The van der Waals surface area contributed by atoms with Crippen LogP contribution >= 0.6 is 23.2 Å². The normalized spacial score (nSPS) is 10.1. The van der Waals surface area contributed by atoms with Crippen molar-refractivity contribution >= 4 is 35.2 Å². The lowest BCUT2D eigenvalue weighted by Gasteiger charge is -2.11. The number of ether oxygens (including phenoxy) is 2. The summed E-state index contributed by atoms with van der Waals surface area (Å²) in [6.45, 7) is -0.180. The molecule has 0 fully saturated rings. The van der Waals surface area contributed by atoms with E-state index in [1.54, 1.807) is 30.3 Å². The fourth-order valence-corrected chi connectivity index (χ4v) is 1.95. The highest BCUT2D eigenvalue weighted by atomic mass is 35.5. The monoisotopic (exact) mass is 369 g/mol. The second-order valence-corrected chi connectivity index (χ2v) is 5.30. The number of amides is 2. The number of aromatic nitrogens is 1. The number of rotatable bonds is 5. The van der Waals surface area contributed by atoms with Crippen LogP contribution in [0.2, 0.25) is 10.0 Å². The summed E-state index contributed by atoms with van der Waals surface area (Å²) in [7, 11) is 0. The van der Waals surface area contributed by atoms with Gasteiger partial charge in [-0.3, -0.25) is 10.1 Å². The van der Waals surface area contributed by atoms with Crippen LogP contribution in [0.5, 0.6) is 11.6 Å². The highest BCUT2D eigenvalue weighted by molar-refractivity contribution is 6.42. The summed E-state index contributed by atoms with van der Waals surface area (Å²) < 4.78 is 10.5. The predicted molar refractivity (Wildman–Crippen MR) is 88.3 cm³/mol. The van der Waals surface area contributed by atoms with E-state index in [-0.39, 0.29) is 24.8 Å². The molecular weight excluding hydrogens is 357 g/mol. The Kier molecular flexibility index (Phi) is 6.36. The largest absolute Gasteiger partial charge is 0.483 e. The maximum atomic E-state index is 11.6. The van der Waals surface area contributed by atoms with Gasteiger partial charge in [0.15, 0.2) is 5.75 Å². The van der Waals surface area contributed by atoms with E-state index in [0.29, 0.717) is 10.0 Å². The number of pyridine rings is 1. The summed E-state index contributed by atoms with van der Waals surface area (Å²) in [5.41, 5.74) is 5.86. The second kappa shape index (κ2) is 8.49. The molecule has 0 radical (unpaired) electrons. The molecule has 0 aliphatic carbocycles. The zero-order valence-electron chi connectivity index (χ0n) is 12.3. The lowest BCUT2D eigenvalue weighted by atomic mass is 10.2. The quantitative estimate of drug-likeness (QED) is 0.838. The van der Waals surface area contributed by atoms with Crippen molar-refractivity contribution in [2.75, 3.05) is 6.54 Å². The lowest BCUT2D eigenvalue weighted by Crippen LogP contribution is -2.37. The molecule has 0 atom stereocenters. The standard InChI is InChI=1S/C15H13Cl2N3O4/c16-10-4-3-9(6-11(10)17)8-23-12-2-1-5-19-14(12)24-15(22)20-13(21)7-18/h1-6H,7-8,18H2,(H,20,21,22). The second-order valence-electron chi connectivity index (χ2n) is 4.49. The Labute approximate surface area is 147 Å².